The molecule has 2 aliphatic carbocycles. The summed E-state index contributed by atoms with van der Waals surface area (Å²) in [5.41, 5.74) is 1.03. The van der Waals surface area contributed by atoms with Gasteiger partial charge in [-0.3, -0.25) is 10.1 Å². The smallest absolute Gasteiger partial charge is 0.321 e. The minimum atomic E-state index is -0.158. The van der Waals surface area contributed by atoms with E-state index in [0.29, 0.717) is 28.7 Å². The molecule has 27 heavy (non-hydrogen) atoms. The van der Waals surface area contributed by atoms with Crippen molar-refractivity contribution in [1.29, 1.82) is 0 Å². The fourth-order valence-corrected chi connectivity index (χ4v) is 6.43. The number of carbonyl (C=O) groups is 2. The summed E-state index contributed by atoms with van der Waals surface area (Å²) in [5, 5.41) is 7.23. The van der Waals surface area contributed by atoms with Gasteiger partial charge in [0.2, 0.25) is 5.91 Å². The lowest BCUT2D eigenvalue weighted by Gasteiger charge is -2.26. The largest absolute Gasteiger partial charge is 0.336 e. The van der Waals surface area contributed by atoms with Crippen molar-refractivity contribution in [1.82, 2.24) is 15.2 Å². The monoisotopic (exact) mass is 408 g/mol. The van der Waals surface area contributed by atoms with Gasteiger partial charge in [0.05, 0.1) is 18.0 Å². The second-order valence-corrected chi connectivity index (χ2v) is 10.1. The van der Waals surface area contributed by atoms with E-state index in [1.807, 2.05) is 16.7 Å². The number of hydrogen-bond acceptors (Lipinski definition) is 5. The summed E-state index contributed by atoms with van der Waals surface area (Å²) in [6.07, 6.45) is 10.4. The minimum Gasteiger partial charge on any atom is -0.336 e. The van der Waals surface area contributed by atoms with Crippen molar-refractivity contribution in [3.8, 4) is 0 Å². The molecule has 3 aliphatic rings. The summed E-state index contributed by atoms with van der Waals surface area (Å²) in [6.45, 7) is 1.36. The highest BCUT2D eigenvalue weighted by Gasteiger charge is 2.26. The van der Waals surface area contributed by atoms with Crippen LogP contribution in [0.15, 0.2) is 0 Å². The first-order valence-corrected chi connectivity index (χ1v) is 12.0. The number of aromatic nitrogens is 1. The molecule has 0 bridgehead atoms. The standard InChI is InChI=1S/C19H28N4O2S2/c24-17(12-26-14-7-3-4-8-14)23-10-9-15-16(11-23)27-19(21-15)22-18(25)20-13-5-1-2-6-13/h13-14H,1-12H2,(H2,20,21,22,25). The Bertz CT molecular complexity index is 681. The quantitative estimate of drug-likeness (QED) is 0.778. The van der Waals surface area contributed by atoms with Gasteiger partial charge in [0.1, 0.15) is 0 Å². The maximum Gasteiger partial charge on any atom is 0.321 e. The average molecular weight is 409 g/mol. The van der Waals surface area contributed by atoms with Gasteiger partial charge in [0, 0.05) is 29.1 Å². The molecule has 2 N–H and O–H groups in total. The summed E-state index contributed by atoms with van der Waals surface area (Å²) >= 11 is 3.33. The van der Waals surface area contributed by atoms with E-state index in [1.54, 1.807) is 0 Å². The SMILES string of the molecule is O=C(Nc1nc2c(s1)CN(C(=O)CSC1CCCC1)CC2)NC1CCCC1. The fraction of sp³-hybridized carbons (Fsp3) is 0.737. The first-order chi connectivity index (χ1) is 13.2. The lowest BCUT2D eigenvalue weighted by Crippen LogP contribution is -2.37. The van der Waals surface area contributed by atoms with E-state index in [1.165, 1.54) is 49.9 Å². The molecule has 0 aromatic carbocycles. The molecule has 0 radical (unpaired) electrons. The second-order valence-electron chi connectivity index (χ2n) is 7.75. The van der Waals surface area contributed by atoms with Gasteiger partial charge in [-0.2, -0.15) is 0 Å². The van der Waals surface area contributed by atoms with Crippen LogP contribution >= 0.6 is 23.1 Å². The maximum atomic E-state index is 12.6. The molecule has 2 heterocycles. The zero-order chi connectivity index (χ0) is 18.6. The van der Waals surface area contributed by atoms with Gasteiger partial charge in [0.15, 0.2) is 5.13 Å². The number of anilines is 1. The predicted molar refractivity (Wildman–Crippen MR) is 110 cm³/mol. The van der Waals surface area contributed by atoms with Gasteiger partial charge in [0.25, 0.3) is 0 Å². The maximum absolute atomic E-state index is 12.6. The third-order valence-electron chi connectivity index (χ3n) is 5.74. The predicted octanol–water partition coefficient (Wildman–Crippen LogP) is 3.77. The van der Waals surface area contributed by atoms with Crippen molar-refractivity contribution in [2.75, 3.05) is 17.6 Å². The molecule has 1 aromatic rings. The van der Waals surface area contributed by atoms with Crippen molar-refractivity contribution >= 4 is 40.2 Å². The normalized spacial score (nSPS) is 20.7. The summed E-state index contributed by atoms with van der Waals surface area (Å²) in [7, 11) is 0. The van der Waals surface area contributed by atoms with Gasteiger partial charge >= 0.3 is 6.03 Å². The Kier molecular flexibility index (Phi) is 6.22. The summed E-state index contributed by atoms with van der Waals surface area (Å²) in [6, 6.07) is 0.138. The highest BCUT2D eigenvalue weighted by Crippen LogP contribution is 2.31. The van der Waals surface area contributed by atoms with Crippen LogP contribution in [-0.4, -0.2) is 45.4 Å². The first-order valence-electron chi connectivity index (χ1n) is 10.1. The van der Waals surface area contributed by atoms with Gasteiger partial charge in [-0.05, 0) is 25.7 Å². The Hall–Kier alpha value is -1.28. The van der Waals surface area contributed by atoms with Gasteiger partial charge in [-0.15, -0.1) is 11.8 Å². The van der Waals surface area contributed by atoms with Crippen LogP contribution in [0.3, 0.4) is 0 Å². The number of urea groups is 1. The average Bonchev–Trinajstić information content (AvgIpc) is 3.40. The van der Waals surface area contributed by atoms with E-state index in [-0.39, 0.29) is 11.9 Å². The number of nitrogens with zero attached hydrogens (tertiary/aromatic N) is 2. The van der Waals surface area contributed by atoms with Crippen LogP contribution < -0.4 is 10.6 Å². The molecule has 0 saturated heterocycles. The van der Waals surface area contributed by atoms with Crippen LogP contribution in [0, 0.1) is 0 Å². The summed E-state index contributed by atoms with van der Waals surface area (Å²) in [4.78, 5) is 32.3. The van der Waals surface area contributed by atoms with Crippen molar-refractivity contribution in [2.24, 2.45) is 0 Å². The van der Waals surface area contributed by atoms with Crippen molar-refractivity contribution < 1.29 is 9.59 Å². The van der Waals surface area contributed by atoms with E-state index in [4.69, 9.17) is 0 Å². The molecule has 2 fully saturated rings. The van der Waals surface area contributed by atoms with Crippen LogP contribution in [0.5, 0.6) is 0 Å². The number of fused-ring (bicyclic) bond motifs is 1. The topological polar surface area (TPSA) is 74.3 Å². The molecule has 1 aromatic heterocycles. The molecule has 1 aliphatic heterocycles. The van der Waals surface area contributed by atoms with Gasteiger partial charge in [-0.25, -0.2) is 9.78 Å². The number of thioether (sulfide) groups is 1. The Labute approximate surface area is 168 Å². The molecule has 0 atom stereocenters. The number of rotatable bonds is 5. The van der Waals surface area contributed by atoms with Crippen LogP contribution in [0.25, 0.3) is 0 Å². The number of carbonyl (C=O) groups excluding carboxylic acids is 2. The van der Waals surface area contributed by atoms with Crippen molar-refractivity contribution in [3.63, 3.8) is 0 Å². The van der Waals surface area contributed by atoms with Crippen LogP contribution in [0.1, 0.15) is 61.9 Å². The summed E-state index contributed by atoms with van der Waals surface area (Å²) < 4.78 is 0. The molecular weight excluding hydrogens is 380 g/mol. The van der Waals surface area contributed by atoms with Gasteiger partial charge < -0.3 is 10.2 Å². The summed E-state index contributed by atoms with van der Waals surface area (Å²) in [5.74, 6) is 0.827. The number of hydrogen-bond donors (Lipinski definition) is 2. The molecule has 3 amide bonds. The van der Waals surface area contributed by atoms with Crippen LogP contribution in [0.2, 0.25) is 0 Å². The molecule has 2 saturated carbocycles. The van der Waals surface area contributed by atoms with E-state index in [0.717, 1.165) is 36.4 Å². The third-order valence-corrected chi connectivity index (χ3v) is 8.09. The number of amides is 3. The zero-order valence-corrected chi connectivity index (χ0v) is 17.3. The number of thiazole rings is 1. The Morgan fingerprint density at radius 1 is 1.15 bits per heavy atom. The van der Waals surface area contributed by atoms with Gasteiger partial charge in [-0.1, -0.05) is 37.0 Å². The highest BCUT2D eigenvalue weighted by molar-refractivity contribution is 8.00. The third kappa shape index (κ3) is 4.96. The zero-order valence-electron chi connectivity index (χ0n) is 15.7. The van der Waals surface area contributed by atoms with Crippen molar-refractivity contribution in [3.05, 3.63) is 10.6 Å². The van der Waals surface area contributed by atoms with Crippen LogP contribution in [0.4, 0.5) is 9.93 Å². The van der Waals surface area contributed by atoms with Crippen LogP contribution in [-0.2, 0) is 17.8 Å². The Morgan fingerprint density at radius 2 is 1.89 bits per heavy atom. The Morgan fingerprint density at radius 3 is 2.67 bits per heavy atom. The van der Waals surface area contributed by atoms with E-state index < -0.39 is 0 Å². The molecular formula is C19H28N4O2S2. The van der Waals surface area contributed by atoms with Crippen molar-refractivity contribution in [2.45, 2.75) is 75.6 Å². The fourth-order valence-electron chi connectivity index (χ4n) is 4.19. The Balaban J connectivity index is 1.27. The lowest BCUT2D eigenvalue weighted by atomic mass is 10.2. The molecule has 6 nitrogen and oxygen atoms in total. The molecule has 4 rings (SSSR count). The van der Waals surface area contributed by atoms with E-state index >= 15 is 0 Å². The second kappa shape index (κ2) is 8.82. The van der Waals surface area contributed by atoms with E-state index in [9.17, 15) is 9.59 Å². The van der Waals surface area contributed by atoms with E-state index in [2.05, 4.69) is 15.6 Å². The first kappa shape index (κ1) is 19.1. The lowest BCUT2D eigenvalue weighted by molar-refractivity contribution is -0.129. The molecule has 148 valence electrons. The number of nitrogens with one attached hydrogen (secondary N) is 2. The molecule has 8 heteroatoms. The molecule has 0 unspecified atom stereocenters. The molecule has 0 spiro atoms. The minimum absolute atomic E-state index is 0.158. The highest BCUT2D eigenvalue weighted by atomic mass is 32.2.